The Bertz CT molecular complexity index is 646. The molecule has 2 N–H and O–H groups in total. The summed E-state index contributed by atoms with van der Waals surface area (Å²) in [6.07, 6.45) is 0. The van der Waals surface area contributed by atoms with Gasteiger partial charge in [0.1, 0.15) is 0 Å². The molecule has 0 aliphatic heterocycles. The molecule has 2 rings (SSSR count). The number of hydrogen-bond donors (Lipinski definition) is 2. The molecule has 0 aromatic carbocycles. The van der Waals surface area contributed by atoms with Gasteiger partial charge in [0.15, 0.2) is 5.76 Å². The summed E-state index contributed by atoms with van der Waals surface area (Å²) in [5.74, 6) is 0.492. The number of thiophene rings is 1. The van der Waals surface area contributed by atoms with Crippen molar-refractivity contribution < 1.29 is 12.9 Å². The Kier molecular flexibility index (Phi) is 4.35. The van der Waals surface area contributed by atoms with Gasteiger partial charge in [-0.25, -0.2) is 13.1 Å². The predicted molar refractivity (Wildman–Crippen MR) is 72.3 cm³/mol. The van der Waals surface area contributed by atoms with Crippen LogP contribution in [0.5, 0.6) is 0 Å². The van der Waals surface area contributed by atoms with Crippen LogP contribution in [0.15, 0.2) is 26.9 Å². The Labute approximate surface area is 115 Å². The summed E-state index contributed by atoms with van der Waals surface area (Å²) >= 11 is 1.41. The van der Waals surface area contributed by atoms with Crippen molar-refractivity contribution in [3.8, 4) is 0 Å². The molecule has 8 heteroatoms. The van der Waals surface area contributed by atoms with E-state index in [0.29, 0.717) is 17.2 Å². The minimum absolute atomic E-state index is 0.0953. The first kappa shape index (κ1) is 14.2. The summed E-state index contributed by atoms with van der Waals surface area (Å²) < 4.78 is 31.8. The van der Waals surface area contributed by atoms with Crippen molar-refractivity contribution in [2.24, 2.45) is 0 Å². The Balaban J connectivity index is 2.11. The molecule has 0 spiro atoms. The zero-order valence-electron chi connectivity index (χ0n) is 10.6. The Hall–Kier alpha value is -1.22. The lowest BCUT2D eigenvalue weighted by Crippen LogP contribution is -2.24. The standard InChI is InChI=1S/C11H15N3O3S2/c1-8-5-9(17-14-8)6-13-19(15,16)11-3-4-18-10(11)7-12-2/h3-5,12-13H,6-7H2,1-2H3. The molecule has 2 aromatic heterocycles. The number of nitrogens with zero attached hydrogens (tertiary/aromatic N) is 1. The van der Waals surface area contributed by atoms with Gasteiger partial charge in [0.05, 0.1) is 17.1 Å². The molecule has 19 heavy (non-hydrogen) atoms. The average molecular weight is 301 g/mol. The van der Waals surface area contributed by atoms with E-state index in [1.807, 2.05) is 0 Å². The molecule has 0 fully saturated rings. The molecule has 6 nitrogen and oxygen atoms in total. The first-order valence-corrected chi connectivity index (χ1v) is 8.02. The second-order valence-corrected chi connectivity index (χ2v) is 6.73. The van der Waals surface area contributed by atoms with Gasteiger partial charge in [-0.3, -0.25) is 0 Å². The first-order valence-electron chi connectivity index (χ1n) is 5.66. The SMILES string of the molecule is CNCc1sccc1S(=O)(=O)NCc1cc(C)no1. The van der Waals surface area contributed by atoms with Crippen molar-refractivity contribution in [2.75, 3.05) is 7.05 Å². The van der Waals surface area contributed by atoms with Crippen LogP contribution in [0.4, 0.5) is 0 Å². The zero-order valence-corrected chi connectivity index (χ0v) is 12.3. The molecule has 0 radical (unpaired) electrons. The van der Waals surface area contributed by atoms with E-state index >= 15 is 0 Å². The molecule has 0 aliphatic rings. The Morgan fingerprint density at radius 2 is 2.21 bits per heavy atom. The molecular weight excluding hydrogens is 286 g/mol. The van der Waals surface area contributed by atoms with Crippen molar-refractivity contribution >= 4 is 21.4 Å². The third kappa shape index (κ3) is 3.41. The molecule has 0 saturated carbocycles. The van der Waals surface area contributed by atoms with Gasteiger partial charge >= 0.3 is 0 Å². The van der Waals surface area contributed by atoms with Gasteiger partial charge in [-0.2, -0.15) is 0 Å². The van der Waals surface area contributed by atoms with Crippen molar-refractivity contribution in [3.63, 3.8) is 0 Å². The molecule has 104 valence electrons. The summed E-state index contributed by atoms with van der Waals surface area (Å²) in [6, 6.07) is 3.30. The maximum Gasteiger partial charge on any atom is 0.242 e. The summed E-state index contributed by atoms with van der Waals surface area (Å²) in [4.78, 5) is 1.09. The van der Waals surface area contributed by atoms with Crippen molar-refractivity contribution in [1.82, 2.24) is 15.2 Å². The predicted octanol–water partition coefficient (Wildman–Crippen LogP) is 1.24. The van der Waals surface area contributed by atoms with Crippen molar-refractivity contribution in [2.45, 2.75) is 24.9 Å². The van der Waals surface area contributed by atoms with Gasteiger partial charge in [0.2, 0.25) is 10.0 Å². The Morgan fingerprint density at radius 1 is 1.42 bits per heavy atom. The monoisotopic (exact) mass is 301 g/mol. The van der Waals surface area contributed by atoms with Gasteiger partial charge < -0.3 is 9.84 Å². The number of sulfonamides is 1. The van der Waals surface area contributed by atoms with Crippen LogP contribution < -0.4 is 10.0 Å². The molecule has 0 aliphatic carbocycles. The van der Waals surface area contributed by atoms with E-state index < -0.39 is 10.0 Å². The highest BCUT2D eigenvalue weighted by atomic mass is 32.2. The molecule has 0 bridgehead atoms. The summed E-state index contributed by atoms with van der Waals surface area (Å²) in [5.41, 5.74) is 0.723. The second-order valence-electron chi connectivity index (χ2n) is 4.00. The summed E-state index contributed by atoms with van der Waals surface area (Å²) in [7, 11) is -1.75. The second kappa shape index (κ2) is 5.83. The topological polar surface area (TPSA) is 84.2 Å². The lowest BCUT2D eigenvalue weighted by molar-refractivity contribution is 0.377. The van der Waals surface area contributed by atoms with Gasteiger partial charge in [0.25, 0.3) is 0 Å². The minimum Gasteiger partial charge on any atom is -0.360 e. The lowest BCUT2D eigenvalue weighted by Gasteiger charge is -2.06. The minimum atomic E-state index is -3.53. The van der Waals surface area contributed by atoms with Crippen molar-refractivity contribution in [1.29, 1.82) is 0 Å². The third-order valence-electron chi connectivity index (χ3n) is 2.44. The highest BCUT2D eigenvalue weighted by Crippen LogP contribution is 2.21. The largest absolute Gasteiger partial charge is 0.360 e. The average Bonchev–Trinajstić information content (AvgIpc) is 2.97. The van der Waals surface area contributed by atoms with Crippen LogP contribution in [-0.2, 0) is 23.1 Å². The highest BCUT2D eigenvalue weighted by Gasteiger charge is 2.19. The van der Waals surface area contributed by atoms with Crippen LogP contribution >= 0.6 is 11.3 Å². The fourth-order valence-electron chi connectivity index (χ4n) is 1.60. The lowest BCUT2D eigenvalue weighted by atomic mass is 10.4. The van der Waals surface area contributed by atoms with Crippen LogP contribution in [0, 0.1) is 6.92 Å². The van der Waals surface area contributed by atoms with E-state index in [2.05, 4.69) is 15.2 Å². The third-order valence-corrected chi connectivity index (χ3v) is 4.98. The van der Waals surface area contributed by atoms with Crippen LogP contribution in [0.3, 0.4) is 0 Å². The molecule has 0 unspecified atom stereocenters. The van der Waals surface area contributed by atoms with Crippen LogP contribution in [0.1, 0.15) is 16.3 Å². The van der Waals surface area contributed by atoms with E-state index in [0.717, 1.165) is 10.6 Å². The normalized spacial score (nSPS) is 11.9. The van der Waals surface area contributed by atoms with Gasteiger partial charge in [-0.05, 0) is 25.4 Å². The zero-order chi connectivity index (χ0) is 13.9. The molecule has 2 aromatic rings. The number of nitrogens with one attached hydrogen (secondary N) is 2. The fourth-order valence-corrected chi connectivity index (χ4v) is 4.05. The van der Waals surface area contributed by atoms with Gasteiger partial charge in [0, 0.05) is 17.5 Å². The smallest absolute Gasteiger partial charge is 0.242 e. The maximum atomic E-state index is 12.2. The highest BCUT2D eigenvalue weighted by molar-refractivity contribution is 7.89. The van der Waals surface area contributed by atoms with Crippen LogP contribution in [0.25, 0.3) is 0 Å². The number of rotatable bonds is 6. The maximum absolute atomic E-state index is 12.2. The molecule has 0 saturated heterocycles. The van der Waals surface area contributed by atoms with E-state index in [1.54, 1.807) is 31.5 Å². The summed E-state index contributed by atoms with van der Waals surface area (Å²) in [6.45, 7) is 2.40. The van der Waals surface area contributed by atoms with Gasteiger partial charge in [-0.1, -0.05) is 5.16 Å². The molecule has 0 amide bonds. The number of hydrogen-bond acceptors (Lipinski definition) is 6. The van der Waals surface area contributed by atoms with E-state index in [1.165, 1.54) is 11.3 Å². The van der Waals surface area contributed by atoms with Crippen LogP contribution in [0.2, 0.25) is 0 Å². The molecule has 2 heterocycles. The molecular formula is C11H15N3O3S2. The quantitative estimate of drug-likeness (QED) is 0.838. The van der Waals surface area contributed by atoms with E-state index in [-0.39, 0.29) is 6.54 Å². The van der Waals surface area contributed by atoms with Gasteiger partial charge in [-0.15, -0.1) is 11.3 Å². The summed E-state index contributed by atoms with van der Waals surface area (Å²) in [5, 5.41) is 8.42. The fraction of sp³-hybridized carbons (Fsp3) is 0.364. The number of aryl methyl sites for hydroxylation is 1. The van der Waals surface area contributed by atoms with E-state index in [9.17, 15) is 8.42 Å². The first-order chi connectivity index (χ1) is 9.03. The molecule has 0 atom stereocenters. The number of aromatic nitrogens is 1. The Morgan fingerprint density at radius 3 is 2.84 bits per heavy atom. The van der Waals surface area contributed by atoms with Crippen LogP contribution in [-0.4, -0.2) is 20.6 Å². The van der Waals surface area contributed by atoms with E-state index in [4.69, 9.17) is 4.52 Å². The van der Waals surface area contributed by atoms with Crippen molar-refractivity contribution in [3.05, 3.63) is 33.8 Å².